The van der Waals surface area contributed by atoms with Crippen molar-refractivity contribution in [2.75, 3.05) is 52.4 Å². The molecular formula is C60H62N8O3. The van der Waals surface area contributed by atoms with Crippen molar-refractivity contribution < 1.29 is 14.3 Å². The van der Waals surface area contributed by atoms with E-state index in [4.69, 9.17) is 18.8 Å². The van der Waals surface area contributed by atoms with Gasteiger partial charge in [0.1, 0.15) is 0 Å². The second-order valence-corrected chi connectivity index (χ2v) is 18.7. The summed E-state index contributed by atoms with van der Waals surface area (Å²) < 4.78 is 15.4. The van der Waals surface area contributed by atoms with Crippen LogP contribution >= 0.6 is 0 Å². The Morgan fingerprint density at radius 1 is 0.408 bits per heavy atom. The van der Waals surface area contributed by atoms with Gasteiger partial charge in [-0.3, -0.25) is 19.6 Å². The molecule has 10 aromatic rings. The molecule has 0 bridgehead atoms. The van der Waals surface area contributed by atoms with Gasteiger partial charge in [0, 0.05) is 79.5 Å². The van der Waals surface area contributed by atoms with Gasteiger partial charge in [0.2, 0.25) is 0 Å². The van der Waals surface area contributed by atoms with E-state index in [1.54, 1.807) is 12.5 Å². The fourth-order valence-electron chi connectivity index (χ4n) is 10.6. The molecule has 11 heteroatoms. The van der Waals surface area contributed by atoms with Crippen molar-refractivity contribution in [3.8, 4) is 23.2 Å². The molecule has 2 fully saturated rings. The number of furan rings is 2. The molecule has 0 aliphatic carbocycles. The topological polar surface area (TPSA) is 106 Å². The van der Waals surface area contributed by atoms with Crippen LogP contribution in [0.1, 0.15) is 45.5 Å². The van der Waals surface area contributed by atoms with Crippen LogP contribution in [0.15, 0.2) is 203 Å². The predicted molar refractivity (Wildman–Crippen MR) is 284 cm³/mol. The van der Waals surface area contributed by atoms with E-state index in [1.807, 2.05) is 38.4 Å². The fourth-order valence-corrected chi connectivity index (χ4v) is 10.6. The summed E-state index contributed by atoms with van der Waals surface area (Å²) in [6.07, 6.45) is 3.39. The van der Waals surface area contributed by atoms with E-state index in [0.717, 1.165) is 111 Å². The number of aromatic nitrogens is 4. The molecular weight excluding hydrogens is 881 g/mol. The van der Waals surface area contributed by atoms with Crippen LogP contribution in [0.2, 0.25) is 0 Å². The van der Waals surface area contributed by atoms with Gasteiger partial charge >= 0.3 is 0 Å². The minimum absolute atomic E-state index is 0. The number of piperazine rings is 2. The summed E-state index contributed by atoms with van der Waals surface area (Å²) in [7, 11) is 4.09. The Kier molecular flexibility index (Phi) is 14.5. The molecule has 11 nitrogen and oxygen atoms in total. The number of aryl methyl sites for hydroxylation is 2. The summed E-state index contributed by atoms with van der Waals surface area (Å²) in [4.78, 5) is 20.1. The lowest BCUT2D eigenvalue weighted by atomic mass is 9.96. The highest BCUT2D eigenvalue weighted by molar-refractivity contribution is 5.81. The summed E-state index contributed by atoms with van der Waals surface area (Å²) in [5.41, 5.74) is 12.3. The molecule has 2 aliphatic rings. The highest BCUT2D eigenvalue weighted by Crippen LogP contribution is 2.33. The van der Waals surface area contributed by atoms with E-state index in [1.165, 1.54) is 33.4 Å². The highest BCUT2D eigenvalue weighted by Gasteiger charge is 2.28. The molecule has 360 valence electrons. The second-order valence-electron chi connectivity index (χ2n) is 18.7. The number of benzene rings is 6. The van der Waals surface area contributed by atoms with Crippen LogP contribution in [0, 0.1) is 0 Å². The van der Waals surface area contributed by atoms with Gasteiger partial charge in [-0.15, -0.1) is 0 Å². The zero-order chi connectivity index (χ0) is 47.2. The van der Waals surface area contributed by atoms with Gasteiger partial charge < -0.3 is 23.4 Å². The first kappa shape index (κ1) is 47.3. The Morgan fingerprint density at radius 2 is 0.746 bits per heavy atom. The number of fused-ring (bicyclic) bond motifs is 2. The number of imidazole rings is 2. The minimum atomic E-state index is 0. The molecule has 2 aliphatic heterocycles. The summed E-state index contributed by atoms with van der Waals surface area (Å²) in [5, 5.41) is 0. The number of nitrogens with zero attached hydrogens (tertiary/aromatic N) is 8. The van der Waals surface area contributed by atoms with Crippen LogP contribution in [0.25, 0.3) is 45.2 Å². The largest absolute Gasteiger partial charge is 0.461 e. The zero-order valence-electron chi connectivity index (χ0n) is 40.6. The summed E-state index contributed by atoms with van der Waals surface area (Å²) in [6, 6.07) is 65.2. The minimum Gasteiger partial charge on any atom is -0.461 e. The molecule has 12 rings (SSSR count). The van der Waals surface area contributed by atoms with Crippen LogP contribution in [0.4, 0.5) is 0 Å². The molecule has 71 heavy (non-hydrogen) atoms. The van der Waals surface area contributed by atoms with Crippen molar-refractivity contribution >= 4 is 22.1 Å². The molecule has 0 radical (unpaired) electrons. The number of hydrogen-bond donors (Lipinski definition) is 0. The van der Waals surface area contributed by atoms with Gasteiger partial charge in [-0.25, -0.2) is 9.97 Å². The third kappa shape index (κ3) is 10.4. The Bertz CT molecular complexity index is 2910. The molecule has 6 aromatic carbocycles. The standard InChI is InChI=1S/2C30H30N4O.H2O/c2*1-32-27-15-14-23(21-26(27)31-30(32)28-13-8-20-35-28)22-33-16-18-34(19-17-33)29(24-9-4-2-5-10-24)25-11-6-3-7-12-25;/h2*2-15,20-21,29H,16-19,22H2,1H3;1H2. The molecule has 6 heterocycles. The quantitative estimate of drug-likeness (QED) is 0.119. The number of rotatable bonds is 12. The molecule has 0 amide bonds. The van der Waals surface area contributed by atoms with Crippen molar-refractivity contribution in [2.24, 2.45) is 14.1 Å². The van der Waals surface area contributed by atoms with Gasteiger partial charge in [-0.1, -0.05) is 133 Å². The first-order valence-electron chi connectivity index (χ1n) is 24.6. The van der Waals surface area contributed by atoms with Crippen LogP contribution in [0.5, 0.6) is 0 Å². The zero-order valence-corrected chi connectivity index (χ0v) is 40.6. The Balaban J connectivity index is 0.000000162. The van der Waals surface area contributed by atoms with E-state index in [2.05, 4.69) is 186 Å². The maximum absolute atomic E-state index is 5.58. The molecule has 2 saturated heterocycles. The summed E-state index contributed by atoms with van der Waals surface area (Å²) in [5.74, 6) is 3.33. The SMILES string of the molecule is Cn1c(-c2ccco2)nc2cc(CN3CCN(C(c4ccccc4)c4ccccc4)CC3)ccc21.Cn1c(-c2ccco2)nc2cc(CN3CCN(C(c4ccccc4)c4ccccc4)CC3)ccc21.O. The molecule has 0 unspecified atom stereocenters. The van der Waals surface area contributed by atoms with Crippen LogP contribution in [-0.2, 0) is 27.2 Å². The molecule has 0 atom stereocenters. The second kappa shape index (κ2) is 21.7. The average molecular weight is 943 g/mol. The first-order chi connectivity index (χ1) is 34.5. The normalized spacial score (nSPS) is 15.0. The van der Waals surface area contributed by atoms with Gasteiger partial charge in [0.05, 0.1) is 46.7 Å². The maximum atomic E-state index is 5.58. The summed E-state index contributed by atoms with van der Waals surface area (Å²) >= 11 is 0. The lowest BCUT2D eigenvalue weighted by Crippen LogP contribution is -2.47. The smallest absolute Gasteiger partial charge is 0.176 e. The Labute approximate surface area is 416 Å². The van der Waals surface area contributed by atoms with Gasteiger partial charge in [-0.05, 0) is 81.9 Å². The van der Waals surface area contributed by atoms with Crippen molar-refractivity contribution in [3.63, 3.8) is 0 Å². The lowest BCUT2D eigenvalue weighted by Gasteiger charge is -2.39. The van der Waals surface area contributed by atoms with Crippen molar-refractivity contribution in [2.45, 2.75) is 25.2 Å². The van der Waals surface area contributed by atoms with E-state index >= 15 is 0 Å². The Hall–Kier alpha value is -7.38. The van der Waals surface area contributed by atoms with Crippen LogP contribution in [-0.4, -0.2) is 96.5 Å². The highest BCUT2D eigenvalue weighted by atomic mass is 16.3. The Morgan fingerprint density at radius 3 is 1.06 bits per heavy atom. The summed E-state index contributed by atoms with van der Waals surface area (Å²) in [6.45, 7) is 10.3. The van der Waals surface area contributed by atoms with Gasteiger partial charge in [0.15, 0.2) is 23.2 Å². The van der Waals surface area contributed by atoms with E-state index < -0.39 is 0 Å². The molecule has 2 N–H and O–H groups in total. The number of hydrogen-bond acceptors (Lipinski definition) is 8. The fraction of sp³-hybridized carbons (Fsp3) is 0.233. The van der Waals surface area contributed by atoms with Gasteiger partial charge in [-0.2, -0.15) is 0 Å². The van der Waals surface area contributed by atoms with Gasteiger partial charge in [0.25, 0.3) is 0 Å². The van der Waals surface area contributed by atoms with Crippen molar-refractivity contribution in [3.05, 3.63) is 228 Å². The van der Waals surface area contributed by atoms with Crippen LogP contribution in [0.3, 0.4) is 0 Å². The monoisotopic (exact) mass is 942 g/mol. The van der Waals surface area contributed by atoms with E-state index in [-0.39, 0.29) is 5.48 Å². The van der Waals surface area contributed by atoms with Crippen LogP contribution < -0.4 is 0 Å². The third-order valence-electron chi connectivity index (χ3n) is 14.2. The molecule has 0 spiro atoms. The maximum Gasteiger partial charge on any atom is 0.176 e. The van der Waals surface area contributed by atoms with E-state index in [9.17, 15) is 0 Å². The lowest BCUT2D eigenvalue weighted by molar-refractivity contribution is 0.105. The molecule has 4 aromatic heterocycles. The third-order valence-corrected chi connectivity index (χ3v) is 14.2. The van der Waals surface area contributed by atoms with Crippen molar-refractivity contribution in [1.82, 2.24) is 38.7 Å². The van der Waals surface area contributed by atoms with E-state index in [0.29, 0.717) is 12.1 Å². The molecule has 0 saturated carbocycles. The average Bonchev–Trinajstić information content (AvgIpc) is 4.26. The predicted octanol–water partition coefficient (Wildman–Crippen LogP) is 10.7. The first-order valence-corrected chi connectivity index (χ1v) is 24.6. The van der Waals surface area contributed by atoms with Crippen molar-refractivity contribution in [1.29, 1.82) is 0 Å².